The molecule has 0 atom stereocenters. The van der Waals surface area contributed by atoms with Gasteiger partial charge in [-0.05, 0) is 32.8 Å². The van der Waals surface area contributed by atoms with E-state index in [0.29, 0.717) is 17.4 Å². The van der Waals surface area contributed by atoms with Crippen LogP contribution in [0.25, 0.3) is 0 Å². The van der Waals surface area contributed by atoms with Crippen LogP contribution in [0.15, 0.2) is 10.6 Å². The van der Waals surface area contributed by atoms with Crippen LogP contribution in [0.5, 0.6) is 0 Å². The Balaban J connectivity index is 1.61. The van der Waals surface area contributed by atoms with Gasteiger partial charge in [0.15, 0.2) is 5.82 Å². The highest BCUT2D eigenvalue weighted by Crippen LogP contribution is 2.30. The minimum atomic E-state index is -0.108. The zero-order valence-corrected chi connectivity index (χ0v) is 14.1. The molecule has 0 saturated heterocycles. The Bertz CT molecular complexity index is 696. The van der Waals surface area contributed by atoms with E-state index < -0.39 is 0 Å². The van der Waals surface area contributed by atoms with E-state index in [1.807, 2.05) is 31.5 Å². The molecule has 1 amide bonds. The highest BCUT2D eigenvalue weighted by atomic mass is 16.5. The largest absolute Gasteiger partial charge is 0.351 e. The average Bonchev–Trinajstić information content (AvgIpc) is 3.14. The summed E-state index contributed by atoms with van der Waals surface area (Å²) >= 11 is 0. The number of hydrogen-bond acceptors (Lipinski definition) is 4. The molecule has 0 aliphatic heterocycles. The van der Waals surface area contributed by atoms with Crippen LogP contribution in [0.4, 0.5) is 0 Å². The van der Waals surface area contributed by atoms with Crippen molar-refractivity contribution in [1.82, 2.24) is 20.0 Å². The van der Waals surface area contributed by atoms with Crippen molar-refractivity contribution in [1.29, 1.82) is 0 Å². The van der Waals surface area contributed by atoms with Gasteiger partial charge in [0.25, 0.3) is 5.91 Å². The molecule has 23 heavy (non-hydrogen) atoms. The van der Waals surface area contributed by atoms with Crippen LogP contribution in [-0.2, 0) is 13.6 Å². The summed E-state index contributed by atoms with van der Waals surface area (Å²) in [5, 5.41) is 6.95. The molecule has 1 N–H and O–H groups in total. The van der Waals surface area contributed by atoms with Gasteiger partial charge in [-0.25, -0.2) is 0 Å². The summed E-state index contributed by atoms with van der Waals surface area (Å²) in [6, 6.07) is 1.89. The van der Waals surface area contributed by atoms with E-state index >= 15 is 0 Å². The van der Waals surface area contributed by atoms with Crippen LogP contribution in [0, 0.1) is 13.8 Å². The van der Waals surface area contributed by atoms with Gasteiger partial charge >= 0.3 is 0 Å². The number of amides is 1. The molecule has 6 heteroatoms. The van der Waals surface area contributed by atoms with E-state index in [1.165, 1.54) is 19.3 Å². The molecule has 6 nitrogen and oxygen atoms in total. The molecule has 1 fully saturated rings. The molecular formula is C17H24N4O2. The minimum absolute atomic E-state index is 0.108. The van der Waals surface area contributed by atoms with Crippen LogP contribution < -0.4 is 5.32 Å². The van der Waals surface area contributed by atoms with Crippen LogP contribution in [0.3, 0.4) is 0 Å². The topological polar surface area (TPSA) is 73.0 Å². The Hall–Kier alpha value is -2.11. The van der Waals surface area contributed by atoms with Gasteiger partial charge in [-0.15, -0.1) is 0 Å². The molecule has 124 valence electrons. The Labute approximate surface area is 136 Å². The fourth-order valence-electron chi connectivity index (χ4n) is 3.20. The zero-order chi connectivity index (χ0) is 16.4. The van der Waals surface area contributed by atoms with Crippen molar-refractivity contribution in [2.24, 2.45) is 7.05 Å². The number of aromatic nitrogens is 3. The normalized spacial score (nSPS) is 15.8. The predicted octanol–water partition coefficient (Wildman–Crippen LogP) is 3.00. The molecule has 0 spiro atoms. The molecule has 3 rings (SSSR count). The maximum Gasteiger partial charge on any atom is 0.253 e. The van der Waals surface area contributed by atoms with Gasteiger partial charge in [0.05, 0.1) is 12.1 Å². The van der Waals surface area contributed by atoms with E-state index in [4.69, 9.17) is 4.52 Å². The lowest BCUT2D eigenvalue weighted by molar-refractivity contribution is 0.0945. The van der Waals surface area contributed by atoms with Crippen molar-refractivity contribution >= 4 is 5.91 Å². The molecule has 2 heterocycles. The Morgan fingerprint density at radius 3 is 2.74 bits per heavy atom. The van der Waals surface area contributed by atoms with Gasteiger partial charge in [-0.1, -0.05) is 24.4 Å². The second-order valence-electron chi connectivity index (χ2n) is 6.41. The number of hydrogen-bond donors (Lipinski definition) is 1. The lowest BCUT2D eigenvalue weighted by atomic mass is 9.89. The van der Waals surface area contributed by atoms with E-state index in [1.54, 1.807) is 0 Å². The fourth-order valence-corrected chi connectivity index (χ4v) is 3.20. The molecule has 0 radical (unpaired) electrons. The first-order valence-corrected chi connectivity index (χ1v) is 8.30. The SMILES string of the molecule is Cc1cc(C(=O)NCc2nc(C3CCCCC3)no2)c(C)n1C. The summed E-state index contributed by atoms with van der Waals surface area (Å²) in [5.74, 6) is 1.57. The lowest BCUT2D eigenvalue weighted by Crippen LogP contribution is -2.23. The standard InChI is InChI=1S/C17H24N4O2/c1-11-9-14(12(2)21(11)3)17(22)18-10-15-19-16(20-23-15)13-7-5-4-6-8-13/h9,13H,4-8,10H2,1-3H3,(H,18,22). The Morgan fingerprint density at radius 1 is 1.35 bits per heavy atom. The van der Waals surface area contributed by atoms with Gasteiger partial charge in [0, 0.05) is 24.4 Å². The molecule has 2 aromatic heterocycles. The number of aryl methyl sites for hydroxylation is 1. The number of carbonyl (C=O) groups excluding carboxylic acids is 1. The molecule has 1 aliphatic carbocycles. The molecular weight excluding hydrogens is 292 g/mol. The highest BCUT2D eigenvalue weighted by molar-refractivity contribution is 5.95. The van der Waals surface area contributed by atoms with Crippen molar-refractivity contribution in [3.05, 3.63) is 34.7 Å². The quantitative estimate of drug-likeness (QED) is 0.941. The smallest absolute Gasteiger partial charge is 0.253 e. The van der Waals surface area contributed by atoms with Gasteiger partial charge in [0.1, 0.15) is 0 Å². The van der Waals surface area contributed by atoms with Crippen molar-refractivity contribution in [3.8, 4) is 0 Å². The van der Waals surface area contributed by atoms with Crippen LogP contribution >= 0.6 is 0 Å². The summed E-state index contributed by atoms with van der Waals surface area (Å²) in [6.45, 7) is 4.19. The second kappa shape index (κ2) is 6.56. The first-order chi connectivity index (χ1) is 11.1. The monoisotopic (exact) mass is 316 g/mol. The van der Waals surface area contributed by atoms with Gasteiger partial charge in [-0.2, -0.15) is 4.98 Å². The third-order valence-electron chi connectivity index (χ3n) is 4.87. The van der Waals surface area contributed by atoms with E-state index in [0.717, 1.165) is 30.1 Å². The van der Waals surface area contributed by atoms with Crippen LogP contribution in [0.1, 0.15) is 71.5 Å². The van der Waals surface area contributed by atoms with Crippen molar-refractivity contribution in [2.75, 3.05) is 0 Å². The van der Waals surface area contributed by atoms with E-state index in [2.05, 4.69) is 15.5 Å². The van der Waals surface area contributed by atoms with Gasteiger partial charge < -0.3 is 14.4 Å². The van der Waals surface area contributed by atoms with E-state index in [9.17, 15) is 4.79 Å². The van der Waals surface area contributed by atoms with E-state index in [-0.39, 0.29) is 12.5 Å². The number of rotatable bonds is 4. The fraction of sp³-hybridized carbons (Fsp3) is 0.588. The number of nitrogens with zero attached hydrogens (tertiary/aromatic N) is 3. The van der Waals surface area contributed by atoms with Crippen molar-refractivity contribution in [3.63, 3.8) is 0 Å². The van der Waals surface area contributed by atoms with Crippen LogP contribution in [-0.4, -0.2) is 20.6 Å². The molecule has 2 aromatic rings. The second-order valence-corrected chi connectivity index (χ2v) is 6.41. The summed E-state index contributed by atoms with van der Waals surface area (Å²) in [6.07, 6.45) is 6.03. The Morgan fingerprint density at radius 2 is 2.09 bits per heavy atom. The minimum Gasteiger partial charge on any atom is -0.351 e. The first kappa shape index (κ1) is 15.8. The van der Waals surface area contributed by atoms with Crippen molar-refractivity contribution in [2.45, 2.75) is 58.4 Å². The maximum absolute atomic E-state index is 12.3. The van der Waals surface area contributed by atoms with Crippen molar-refractivity contribution < 1.29 is 9.32 Å². The summed E-state index contributed by atoms with van der Waals surface area (Å²) in [7, 11) is 1.95. The van der Waals surface area contributed by atoms with Crippen LogP contribution in [0.2, 0.25) is 0 Å². The Kier molecular flexibility index (Phi) is 4.50. The highest BCUT2D eigenvalue weighted by Gasteiger charge is 2.21. The lowest BCUT2D eigenvalue weighted by Gasteiger charge is -2.17. The first-order valence-electron chi connectivity index (χ1n) is 8.30. The maximum atomic E-state index is 12.3. The third-order valence-corrected chi connectivity index (χ3v) is 4.87. The van der Waals surface area contributed by atoms with Gasteiger partial charge in [0.2, 0.25) is 5.89 Å². The molecule has 1 aliphatic rings. The number of nitrogens with one attached hydrogen (secondary N) is 1. The average molecular weight is 316 g/mol. The summed E-state index contributed by atoms with van der Waals surface area (Å²) in [5.41, 5.74) is 2.70. The molecule has 0 unspecified atom stereocenters. The third kappa shape index (κ3) is 3.30. The number of carbonyl (C=O) groups is 1. The summed E-state index contributed by atoms with van der Waals surface area (Å²) < 4.78 is 7.29. The van der Waals surface area contributed by atoms with Gasteiger partial charge in [-0.3, -0.25) is 4.79 Å². The molecule has 1 saturated carbocycles. The molecule has 0 aromatic carbocycles. The summed E-state index contributed by atoms with van der Waals surface area (Å²) in [4.78, 5) is 16.7. The molecule has 0 bridgehead atoms. The predicted molar refractivity (Wildman–Crippen MR) is 86.2 cm³/mol. The zero-order valence-electron chi connectivity index (χ0n) is 14.1.